The second-order valence-corrected chi connectivity index (χ2v) is 5.50. The van der Waals surface area contributed by atoms with Crippen LogP contribution in [0.15, 0.2) is 0 Å². The molecule has 2 aliphatic rings. The molecule has 0 radical (unpaired) electrons. The van der Waals surface area contributed by atoms with Crippen molar-refractivity contribution in [3.63, 3.8) is 0 Å². The smallest absolute Gasteiger partial charge is 0.222 e. The first-order valence-corrected chi connectivity index (χ1v) is 7.15. The zero-order chi connectivity index (χ0) is 13.8. The number of nitrogens with one attached hydrogen (secondary N) is 3. The van der Waals surface area contributed by atoms with Gasteiger partial charge in [-0.15, -0.1) is 22.6 Å². The maximum absolute atomic E-state index is 12.3. The van der Waals surface area contributed by atoms with Gasteiger partial charge in [0.25, 0.3) is 0 Å². The lowest BCUT2D eigenvalue weighted by Gasteiger charge is -2.29. The number of rotatable bonds is 4. The molecule has 1 aliphatic heterocycles. The Kier molecular flexibility index (Phi) is 5.49. The zero-order valence-electron chi connectivity index (χ0n) is 11.8. The Hall–Kier alpha value is -1.25. The van der Waals surface area contributed by atoms with Gasteiger partial charge in [0.1, 0.15) is 5.54 Å². The third kappa shape index (κ3) is 3.69. The van der Waals surface area contributed by atoms with E-state index in [9.17, 15) is 4.79 Å². The Labute approximate surface area is 129 Å². The summed E-state index contributed by atoms with van der Waals surface area (Å²) in [5, 5.41) is 20.6. The topological polar surface area (TPSA) is 105 Å². The summed E-state index contributed by atoms with van der Waals surface area (Å²) in [5.41, 5.74) is -0.445. The molecular formula is C12H21ClN6O2. The predicted molar refractivity (Wildman–Crippen MR) is 76.9 cm³/mol. The molecule has 21 heavy (non-hydrogen) atoms. The van der Waals surface area contributed by atoms with Crippen molar-refractivity contribution in [1.29, 1.82) is 0 Å². The van der Waals surface area contributed by atoms with Gasteiger partial charge in [0.2, 0.25) is 5.91 Å². The minimum absolute atomic E-state index is 0. The molecule has 1 aromatic rings. The molecule has 3 rings (SSSR count). The average Bonchev–Trinajstić information content (AvgIpc) is 3.10. The molecule has 0 spiro atoms. The molecular weight excluding hydrogens is 296 g/mol. The number of aromatic nitrogens is 4. The fourth-order valence-corrected chi connectivity index (χ4v) is 3.04. The average molecular weight is 317 g/mol. The fraction of sp³-hybridized carbons (Fsp3) is 0.833. The van der Waals surface area contributed by atoms with Crippen LogP contribution in [-0.4, -0.2) is 52.3 Å². The fourth-order valence-electron chi connectivity index (χ4n) is 3.04. The lowest BCUT2D eigenvalue weighted by molar-refractivity contribution is -0.124. The van der Waals surface area contributed by atoms with Gasteiger partial charge in [-0.2, -0.15) is 5.21 Å². The summed E-state index contributed by atoms with van der Waals surface area (Å²) in [5.74, 6) is 0.607. The van der Waals surface area contributed by atoms with Gasteiger partial charge in [-0.3, -0.25) is 4.79 Å². The maximum atomic E-state index is 12.3. The molecule has 1 amide bonds. The van der Waals surface area contributed by atoms with Gasteiger partial charge in [0.15, 0.2) is 5.82 Å². The van der Waals surface area contributed by atoms with Gasteiger partial charge in [-0.1, -0.05) is 18.1 Å². The Balaban J connectivity index is 0.00000161. The molecule has 9 heteroatoms. The molecule has 0 bridgehead atoms. The van der Waals surface area contributed by atoms with E-state index < -0.39 is 5.54 Å². The number of carbonyl (C=O) groups is 1. The molecule has 2 fully saturated rings. The van der Waals surface area contributed by atoms with E-state index in [0.29, 0.717) is 25.5 Å². The van der Waals surface area contributed by atoms with Crippen molar-refractivity contribution in [2.75, 3.05) is 19.8 Å². The van der Waals surface area contributed by atoms with Crippen LogP contribution in [0.5, 0.6) is 0 Å². The van der Waals surface area contributed by atoms with Gasteiger partial charge < -0.3 is 15.4 Å². The molecule has 1 saturated heterocycles. The third-order valence-corrected chi connectivity index (χ3v) is 4.04. The molecule has 8 nitrogen and oxygen atoms in total. The van der Waals surface area contributed by atoms with E-state index >= 15 is 0 Å². The summed E-state index contributed by atoms with van der Waals surface area (Å²) in [6, 6.07) is 0.0903. The van der Waals surface area contributed by atoms with Crippen molar-refractivity contribution in [1.82, 2.24) is 31.3 Å². The second kappa shape index (κ2) is 7.15. The SMILES string of the molecule is Cl.O=C(CC1COCCN1)NC1(c2nn[nH]n2)CCCC1. The number of H-pyrrole nitrogens is 1. The Morgan fingerprint density at radius 2 is 2.24 bits per heavy atom. The highest BCUT2D eigenvalue weighted by atomic mass is 35.5. The number of halogens is 1. The first kappa shape index (κ1) is 16.1. The summed E-state index contributed by atoms with van der Waals surface area (Å²) in [4.78, 5) is 12.3. The number of nitrogens with zero attached hydrogens (tertiary/aromatic N) is 3. The highest BCUT2D eigenvalue weighted by molar-refractivity contribution is 5.85. The zero-order valence-corrected chi connectivity index (χ0v) is 12.6. The van der Waals surface area contributed by atoms with Crippen LogP contribution in [0.2, 0.25) is 0 Å². The van der Waals surface area contributed by atoms with Crippen LogP contribution in [0, 0.1) is 0 Å². The minimum Gasteiger partial charge on any atom is -0.378 e. The molecule has 3 N–H and O–H groups in total. The molecule has 2 heterocycles. The van der Waals surface area contributed by atoms with Crippen LogP contribution in [0.3, 0.4) is 0 Å². The monoisotopic (exact) mass is 316 g/mol. The van der Waals surface area contributed by atoms with Crippen LogP contribution in [0.25, 0.3) is 0 Å². The first-order chi connectivity index (χ1) is 9.78. The normalized spacial score (nSPS) is 24.3. The molecule has 1 saturated carbocycles. The summed E-state index contributed by atoms with van der Waals surface area (Å²) in [6.07, 6.45) is 4.29. The van der Waals surface area contributed by atoms with E-state index in [1.807, 2.05) is 0 Å². The van der Waals surface area contributed by atoms with Crippen molar-refractivity contribution in [2.24, 2.45) is 0 Å². The lowest BCUT2D eigenvalue weighted by atomic mass is 9.96. The van der Waals surface area contributed by atoms with E-state index in [0.717, 1.165) is 32.2 Å². The van der Waals surface area contributed by atoms with Crippen molar-refractivity contribution in [3.05, 3.63) is 5.82 Å². The maximum Gasteiger partial charge on any atom is 0.222 e. The van der Waals surface area contributed by atoms with Gasteiger partial charge in [0.05, 0.1) is 13.2 Å². The van der Waals surface area contributed by atoms with Crippen molar-refractivity contribution in [2.45, 2.75) is 43.7 Å². The molecule has 0 aromatic carbocycles. The number of aromatic amines is 1. The van der Waals surface area contributed by atoms with Crippen LogP contribution in [0.4, 0.5) is 0 Å². The summed E-state index contributed by atoms with van der Waals surface area (Å²) < 4.78 is 5.37. The molecule has 1 aromatic heterocycles. The van der Waals surface area contributed by atoms with Gasteiger partial charge in [0, 0.05) is 19.0 Å². The summed E-state index contributed by atoms with van der Waals surface area (Å²) >= 11 is 0. The number of amides is 1. The molecule has 118 valence electrons. The highest BCUT2D eigenvalue weighted by Crippen LogP contribution is 2.36. The van der Waals surface area contributed by atoms with E-state index in [1.54, 1.807) is 0 Å². The van der Waals surface area contributed by atoms with Gasteiger partial charge >= 0.3 is 0 Å². The van der Waals surface area contributed by atoms with E-state index in [4.69, 9.17) is 4.74 Å². The van der Waals surface area contributed by atoms with Crippen molar-refractivity contribution < 1.29 is 9.53 Å². The Bertz CT molecular complexity index is 443. The third-order valence-electron chi connectivity index (χ3n) is 4.04. The number of hydrogen-bond donors (Lipinski definition) is 3. The molecule has 1 unspecified atom stereocenters. The molecule has 1 aliphatic carbocycles. The quantitative estimate of drug-likeness (QED) is 0.715. The number of hydrogen-bond acceptors (Lipinski definition) is 6. The van der Waals surface area contributed by atoms with Crippen LogP contribution in [0.1, 0.15) is 37.9 Å². The van der Waals surface area contributed by atoms with Crippen LogP contribution in [-0.2, 0) is 15.1 Å². The van der Waals surface area contributed by atoms with E-state index in [-0.39, 0.29) is 24.4 Å². The predicted octanol–water partition coefficient (Wildman–Crippen LogP) is -0.115. The number of carbonyl (C=O) groups excluding carboxylic acids is 1. The Morgan fingerprint density at radius 1 is 1.43 bits per heavy atom. The summed E-state index contributed by atoms with van der Waals surface area (Å²) in [7, 11) is 0. The van der Waals surface area contributed by atoms with Crippen LogP contribution >= 0.6 is 12.4 Å². The Morgan fingerprint density at radius 3 is 2.86 bits per heavy atom. The molecule has 1 atom stereocenters. The van der Waals surface area contributed by atoms with E-state index in [1.165, 1.54) is 0 Å². The largest absolute Gasteiger partial charge is 0.378 e. The standard InChI is InChI=1S/C12H20N6O2.ClH/c19-10(7-9-8-20-6-5-13-9)14-12(3-1-2-4-12)11-15-17-18-16-11;/h9,13H,1-8H2,(H,14,19)(H,15,16,17,18);1H. The van der Waals surface area contributed by atoms with E-state index in [2.05, 4.69) is 31.3 Å². The second-order valence-electron chi connectivity index (χ2n) is 5.50. The lowest BCUT2D eigenvalue weighted by Crippen LogP contribution is -2.49. The van der Waals surface area contributed by atoms with Gasteiger partial charge in [-0.25, -0.2) is 0 Å². The van der Waals surface area contributed by atoms with Gasteiger partial charge in [-0.05, 0) is 12.8 Å². The van der Waals surface area contributed by atoms with Crippen molar-refractivity contribution in [3.8, 4) is 0 Å². The van der Waals surface area contributed by atoms with Crippen molar-refractivity contribution >= 4 is 18.3 Å². The summed E-state index contributed by atoms with van der Waals surface area (Å²) in [6.45, 7) is 2.10. The number of morpholine rings is 1. The first-order valence-electron chi connectivity index (χ1n) is 7.15. The highest BCUT2D eigenvalue weighted by Gasteiger charge is 2.41. The number of tetrazole rings is 1. The van der Waals surface area contributed by atoms with Crippen LogP contribution < -0.4 is 10.6 Å². The number of ether oxygens (including phenoxy) is 1. The minimum atomic E-state index is -0.445.